The van der Waals surface area contributed by atoms with E-state index in [1.165, 1.54) is 23.1 Å². The normalized spacial score (nSPS) is 26.3. The summed E-state index contributed by atoms with van der Waals surface area (Å²) < 4.78 is 5.63. The summed E-state index contributed by atoms with van der Waals surface area (Å²) in [4.78, 5) is 59.6. The van der Waals surface area contributed by atoms with Crippen LogP contribution in [0.3, 0.4) is 0 Å². The number of aliphatic imine (C=N–C) groups is 1. The monoisotopic (exact) mass is 506 g/mol. The molecule has 0 radical (unpaired) electrons. The van der Waals surface area contributed by atoms with Gasteiger partial charge in [0.25, 0.3) is 0 Å². The van der Waals surface area contributed by atoms with Crippen LogP contribution in [-0.4, -0.2) is 57.0 Å². The van der Waals surface area contributed by atoms with Gasteiger partial charge in [-0.25, -0.2) is 9.78 Å². The number of carbonyl (C=O) groups is 4. The summed E-state index contributed by atoms with van der Waals surface area (Å²) >= 11 is 2.83. The van der Waals surface area contributed by atoms with E-state index < -0.39 is 23.7 Å². The molecule has 2 aliphatic heterocycles. The highest BCUT2D eigenvalue weighted by Gasteiger charge is 2.41. The van der Waals surface area contributed by atoms with E-state index in [1.54, 1.807) is 39.8 Å². The summed E-state index contributed by atoms with van der Waals surface area (Å²) in [5.74, 6) is -1.12. The molecule has 4 bridgehead atoms. The number of rotatable bonds is 5. The number of ether oxygens (including phenoxy) is 1. The summed E-state index contributed by atoms with van der Waals surface area (Å²) in [6.45, 7) is 7.34. The molecule has 2 aliphatic rings. The average Bonchev–Trinajstić information content (AvgIpc) is 3.42. The molecule has 1 aromatic rings. The van der Waals surface area contributed by atoms with Gasteiger partial charge in [-0.2, -0.15) is 0 Å². The number of nitrogens with zero attached hydrogens (tertiary/aromatic N) is 2. The Bertz CT molecular complexity index is 1020. The van der Waals surface area contributed by atoms with Crippen LogP contribution in [0.25, 0.3) is 0 Å². The number of allylic oxidation sites excluding steroid dienone is 1. The standard InChI is InChI=1S/C23H30N4O5S2/c1-5-14(28)7-6-8-15-9-17(29)24-10-18-25-16(11-33-18)20-27-23(4,12-34-20)22(31)26-19(13(2)3)21(30)32-15/h6,8,11,13,15,19H,5,7,9-10,12H2,1-4H3,(H,24,29)(H,26,31)/b8-6+/t15?,19?,23-/m0/s1. The van der Waals surface area contributed by atoms with Crippen LogP contribution < -0.4 is 10.6 Å². The maximum atomic E-state index is 13.2. The topological polar surface area (TPSA) is 127 Å². The molecule has 2 unspecified atom stereocenters. The summed E-state index contributed by atoms with van der Waals surface area (Å²) in [6, 6.07) is -0.913. The number of hydrogen-bond donors (Lipinski definition) is 2. The predicted octanol–water partition coefficient (Wildman–Crippen LogP) is 2.39. The number of Topliss-reactive ketones (excluding diaryl/α,β-unsaturated/α-hetero) is 1. The molecule has 3 rings (SSSR count). The van der Waals surface area contributed by atoms with E-state index in [-0.39, 0.29) is 42.9 Å². The van der Waals surface area contributed by atoms with Crippen LogP contribution in [0.5, 0.6) is 0 Å². The van der Waals surface area contributed by atoms with Crippen molar-refractivity contribution in [2.45, 2.75) is 71.2 Å². The second kappa shape index (κ2) is 11.3. The van der Waals surface area contributed by atoms with E-state index in [0.29, 0.717) is 27.9 Å². The highest BCUT2D eigenvalue weighted by atomic mass is 32.2. The Hall–Kier alpha value is -2.53. The Morgan fingerprint density at radius 3 is 2.82 bits per heavy atom. The van der Waals surface area contributed by atoms with Crippen LogP contribution in [0.1, 0.15) is 57.7 Å². The van der Waals surface area contributed by atoms with E-state index in [2.05, 4.69) is 20.6 Å². The first-order valence-corrected chi connectivity index (χ1v) is 13.1. The fraction of sp³-hybridized carbons (Fsp3) is 0.565. The zero-order chi connectivity index (χ0) is 24.9. The van der Waals surface area contributed by atoms with Gasteiger partial charge < -0.3 is 15.4 Å². The van der Waals surface area contributed by atoms with Crippen molar-refractivity contribution >= 4 is 51.7 Å². The van der Waals surface area contributed by atoms with Crippen LogP contribution in [0.4, 0.5) is 0 Å². The van der Waals surface area contributed by atoms with Gasteiger partial charge in [-0.1, -0.05) is 26.8 Å². The number of fused-ring (bicyclic) bond motifs is 4. The number of ketones is 1. The SMILES string of the molecule is CCC(=O)C/C=C/C1CC(=O)NCc2nc(cs2)C2=N[C@@](C)(CS2)C(=O)NC(C(C)C)C(=O)O1. The third kappa shape index (κ3) is 6.53. The maximum Gasteiger partial charge on any atom is 0.329 e. The number of carbonyl (C=O) groups excluding carboxylic acids is 4. The summed E-state index contributed by atoms with van der Waals surface area (Å²) in [6.07, 6.45) is 2.76. The van der Waals surface area contributed by atoms with Gasteiger partial charge in [0.2, 0.25) is 11.8 Å². The minimum absolute atomic E-state index is 0.0368. The summed E-state index contributed by atoms with van der Waals surface area (Å²) in [5, 5.41) is 8.83. The number of thioether (sulfide) groups is 1. The first kappa shape index (κ1) is 26.1. The maximum absolute atomic E-state index is 13.2. The van der Waals surface area contributed by atoms with Gasteiger partial charge in [-0.05, 0) is 18.9 Å². The van der Waals surface area contributed by atoms with Crippen molar-refractivity contribution in [1.29, 1.82) is 0 Å². The third-order valence-corrected chi connectivity index (χ3v) is 7.62. The molecule has 1 aromatic heterocycles. The number of thiazole rings is 1. The second-order valence-corrected chi connectivity index (χ2v) is 10.7. The third-order valence-electron chi connectivity index (χ3n) is 5.49. The van der Waals surface area contributed by atoms with Crippen LogP contribution in [0.15, 0.2) is 22.5 Å². The smallest absolute Gasteiger partial charge is 0.329 e. The Balaban J connectivity index is 1.90. The summed E-state index contributed by atoms with van der Waals surface area (Å²) in [7, 11) is 0. The van der Waals surface area contributed by atoms with Gasteiger partial charge in [0.1, 0.15) is 39.2 Å². The largest absolute Gasteiger partial charge is 0.456 e. The summed E-state index contributed by atoms with van der Waals surface area (Å²) in [5.41, 5.74) is -0.369. The highest BCUT2D eigenvalue weighted by Crippen LogP contribution is 2.32. The van der Waals surface area contributed by atoms with Gasteiger partial charge in [0.05, 0.1) is 13.0 Å². The Kier molecular flexibility index (Phi) is 8.64. The van der Waals surface area contributed by atoms with Crippen molar-refractivity contribution in [1.82, 2.24) is 15.6 Å². The van der Waals surface area contributed by atoms with E-state index in [9.17, 15) is 19.2 Å². The van der Waals surface area contributed by atoms with Crippen LogP contribution >= 0.6 is 23.1 Å². The lowest BCUT2D eigenvalue weighted by molar-refractivity contribution is -0.153. The van der Waals surface area contributed by atoms with Crippen molar-refractivity contribution in [2.24, 2.45) is 10.9 Å². The molecule has 3 heterocycles. The molecule has 34 heavy (non-hydrogen) atoms. The lowest BCUT2D eigenvalue weighted by Gasteiger charge is -2.27. The Morgan fingerprint density at radius 2 is 2.12 bits per heavy atom. The van der Waals surface area contributed by atoms with Crippen LogP contribution in [0, 0.1) is 5.92 Å². The molecule has 11 heteroatoms. The number of cyclic esters (lactones) is 1. The molecule has 3 atom stereocenters. The minimum Gasteiger partial charge on any atom is -0.456 e. The van der Waals surface area contributed by atoms with E-state index >= 15 is 0 Å². The molecular weight excluding hydrogens is 476 g/mol. The van der Waals surface area contributed by atoms with Crippen molar-refractivity contribution in [3.8, 4) is 0 Å². The molecule has 0 saturated heterocycles. The molecule has 0 aromatic carbocycles. The van der Waals surface area contributed by atoms with Gasteiger partial charge in [-0.15, -0.1) is 23.1 Å². The Labute approximate surface area is 207 Å². The molecule has 0 spiro atoms. The number of nitrogens with one attached hydrogen (secondary N) is 2. The van der Waals surface area contributed by atoms with Crippen molar-refractivity contribution in [3.05, 3.63) is 28.2 Å². The van der Waals surface area contributed by atoms with Crippen LogP contribution in [0.2, 0.25) is 0 Å². The zero-order valence-electron chi connectivity index (χ0n) is 19.8. The predicted molar refractivity (Wildman–Crippen MR) is 132 cm³/mol. The first-order chi connectivity index (χ1) is 16.1. The average molecular weight is 507 g/mol. The molecular formula is C23H30N4O5S2. The Morgan fingerprint density at radius 1 is 1.35 bits per heavy atom. The number of esters is 1. The number of hydrogen-bond acceptors (Lipinski definition) is 9. The molecule has 9 nitrogen and oxygen atoms in total. The second-order valence-electron chi connectivity index (χ2n) is 8.78. The van der Waals surface area contributed by atoms with Gasteiger partial charge >= 0.3 is 5.97 Å². The van der Waals surface area contributed by atoms with E-state index in [4.69, 9.17) is 4.74 Å². The van der Waals surface area contributed by atoms with Crippen molar-refractivity contribution in [2.75, 3.05) is 5.75 Å². The molecule has 2 amide bonds. The van der Waals surface area contributed by atoms with E-state index in [0.717, 1.165) is 0 Å². The van der Waals surface area contributed by atoms with Crippen molar-refractivity contribution < 1.29 is 23.9 Å². The van der Waals surface area contributed by atoms with Gasteiger partial charge in [0.15, 0.2) is 0 Å². The molecule has 0 fully saturated rings. The minimum atomic E-state index is -1.04. The number of amides is 2. The van der Waals surface area contributed by atoms with Gasteiger partial charge in [0, 0.05) is 24.0 Å². The van der Waals surface area contributed by atoms with Crippen LogP contribution in [-0.2, 0) is 30.5 Å². The zero-order valence-corrected chi connectivity index (χ0v) is 21.4. The van der Waals surface area contributed by atoms with Crippen molar-refractivity contribution in [3.63, 3.8) is 0 Å². The molecule has 2 N–H and O–H groups in total. The lowest BCUT2D eigenvalue weighted by Crippen LogP contribution is -2.53. The molecule has 184 valence electrons. The molecule has 0 aliphatic carbocycles. The number of aromatic nitrogens is 1. The first-order valence-electron chi connectivity index (χ1n) is 11.2. The van der Waals surface area contributed by atoms with E-state index in [1.807, 2.05) is 5.38 Å². The van der Waals surface area contributed by atoms with Gasteiger partial charge in [-0.3, -0.25) is 19.4 Å². The fourth-order valence-electron chi connectivity index (χ4n) is 3.33. The quantitative estimate of drug-likeness (QED) is 0.464. The molecule has 0 saturated carbocycles. The lowest BCUT2D eigenvalue weighted by atomic mass is 10.0. The fourth-order valence-corrected chi connectivity index (χ4v) is 5.25. The highest BCUT2D eigenvalue weighted by molar-refractivity contribution is 8.14.